The van der Waals surface area contributed by atoms with Crippen molar-refractivity contribution in [2.75, 3.05) is 12.4 Å². The Morgan fingerprint density at radius 1 is 1.35 bits per heavy atom. The van der Waals surface area contributed by atoms with Gasteiger partial charge in [-0.2, -0.15) is 0 Å². The highest BCUT2D eigenvalue weighted by Gasteiger charge is 2.22. The van der Waals surface area contributed by atoms with Gasteiger partial charge in [-0.05, 0) is 37.1 Å². The number of ether oxygens (including phenoxy) is 1. The molecule has 0 unspecified atom stereocenters. The van der Waals surface area contributed by atoms with E-state index in [0.717, 1.165) is 24.6 Å². The van der Waals surface area contributed by atoms with Crippen LogP contribution in [0, 0.1) is 5.82 Å². The summed E-state index contributed by atoms with van der Waals surface area (Å²) in [6.45, 7) is 1.24. The summed E-state index contributed by atoms with van der Waals surface area (Å²) in [4.78, 5) is 22.4. The number of nitrogens with zero attached hydrogens (tertiary/aromatic N) is 3. The molecule has 1 saturated heterocycles. The Hall–Kier alpha value is -2.46. The van der Waals surface area contributed by atoms with E-state index in [4.69, 9.17) is 10.5 Å². The highest BCUT2D eigenvalue weighted by Crippen LogP contribution is 2.26. The Balaban J connectivity index is 1.82. The first-order valence-corrected chi connectivity index (χ1v) is 9.04. The summed E-state index contributed by atoms with van der Waals surface area (Å²) in [5.74, 6) is -0.316. The number of aromatic nitrogens is 3. The quantitative estimate of drug-likeness (QED) is 0.737. The summed E-state index contributed by atoms with van der Waals surface area (Å²) < 4.78 is 20.7. The van der Waals surface area contributed by atoms with Crippen LogP contribution in [-0.4, -0.2) is 45.2 Å². The minimum Gasteiger partial charge on any atom is -0.376 e. The third kappa shape index (κ3) is 4.58. The van der Waals surface area contributed by atoms with Crippen molar-refractivity contribution in [1.29, 1.82) is 0 Å². The SMILES string of the molecule is NC(=O)NC(=O)CSc1nnc(-c2ccc(F)cc2)n1C[C@H]1CCCO1. The van der Waals surface area contributed by atoms with Gasteiger partial charge in [-0.15, -0.1) is 10.2 Å². The molecule has 3 amide bonds. The van der Waals surface area contributed by atoms with E-state index in [1.54, 1.807) is 12.1 Å². The van der Waals surface area contributed by atoms with E-state index >= 15 is 0 Å². The second-order valence-corrected chi connectivity index (χ2v) is 6.70. The zero-order valence-corrected chi connectivity index (χ0v) is 14.7. The molecule has 3 N–H and O–H groups in total. The minimum atomic E-state index is -0.900. The van der Waals surface area contributed by atoms with E-state index < -0.39 is 11.9 Å². The maximum absolute atomic E-state index is 13.2. The van der Waals surface area contributed by atoms with E-state index in [1.807, 2.05) is 9.88 Å². The normalized spacial score (nSPS) is 16.6. The van der Waals surface area contributed by atoms with Gasteiger partial charge in [0.15, 0.2) is 11.0 Å². The lowest BCUT2D eigenvalue weighted by Gasteiger charge is -2.14. The Kier molecular flexibility index (Phi) is 5.84. The number of hydrogen-bond acceptors (Lipinski definition) is 6. The second-order valence-electron chi connectivity index (χ2n) is 5.76. The molecule has 10 heteroatoms. The number of thioether (sulfide) groups is 1. The van der Waals surface area contributed by atoms with Crippen molar-refractivity contribution < 1.29 is 18.7 Å². The lowest BCUT2D eigenvalue weighted by atomic mass is 10.2. The van der Waals surface area contributed by atoms with E-state index in [2.05, 4.69) is 10.2 Å². The smallest absolute Gasteiger partial charge is 0.318 e. The van der Waals surface area contributed by atoms with Crippen LogP contribution in [0.4, 0.5) is 9.18 Å². The second kappa shape index (κ2) is 8.28. The fraction of sp³-hybridized carbons (Fsp3) is 0.375. The molecule has 0 saturated carbocycles. The van der Waals surface area contributed by atoms with Gasteiger partial charge in [-0.3, -0.25) is 14.7 Å². The first-order valence-electron chi connectivity index (χ1n) is 8.06. The number of nitrogens with two attached hydrogens (primary N) is 1. The number of carbonyl (C=O) groups is 2. The number of rotatable bonds is 6. The van der Waals surface area contributed by atoms with Crippen LogP contribution in [0.25, 0.3) is 11.4 Å². The number of carbonyl (C=O) groups excluding carboxylic acids is 2. The van der Waals surface area contributed by atoms with E-state index in [9.17, 15) is 14.0 Å². The molecule has 8 nitrogen and oxygen atoms in total. The van der Waals surface area contributed by atoms with Crippen LogP contribution in [0.5, 0.6) is 0 Å². The van der Waals surface area contributed by atoms with Crippen LogP contribution in [0.3, 0.4) is 0 Å². The zero-order valence-electron chi connectivity index (χ0n) is 13.9. The molecule has 1 aliphatic rings. The number of nitrogens with one attached hydrogen (secondary N) is 1. The van der Waals surface area contributed by atoms with Crippen molar-refractivity contribution in [3.05, 3.63) is 30.1 Å². The molecule has 3 rings (SSSR count). The largest absolute Gasteiger partial charge is 0.376 e. The standard InChI is InChI=1S/C16H18FN5O3S/c17-11-5-3-10(4-6-11)14-20-21-16(26-9-13(23)19-15(18)24)22(14)8-12-2-1-7-25-12/h3-6,12H,1-2,7-9H2,(H3,18,19,23,24)/t12-/m1/s1. The highest BCUT2D eigenvalue weighted by molar-refractivity contribution is 7.99. The van der Waals surface area contributed by atoms with Crippen molar-refractivity contribution >= 4 is 23.7 Å². The van der Waals surface area contributed by atoms with Crippen molar-refractivity contribution in [1.82, 2.24) is 20.1 Å². The third-order valence-electron chi connectivity index (χ3n) is 3.82. The average Bonchev–Trinajstić information content (AvgIpc) is 3.24. The molecule has 0 bridgehead atoms. The molecule has 1 aliphatic heterocycles. The van der Waals surface area contributed by atoms with E-state index in [-0.39, 0.29) is 17.7 Å². The van der Waals surface area contributed by atoms with Gasteiger partial charge in [-0.1, -0.05) is 11.8 Å². The van der Waals surface area contributed by atoms with E-state index in [0.29, 0.717) is 29.7 Å². The summed E-state index contributed by atoms with van der Waals surface area (Å²) >= 11 is 1.14. The maximum atomic E-state index is 13.2. The number of primary amides is 1. The van der Waals surface area contributed by atoms with Crippen LogP contribution in [0.1, 0.15) is 12.8 Å². The molecule has 1 atom stereocenters. The van der Waals surface area contributed by atoms with E-state index in [1.165, 1.54) is 12.1 Å². The summed E-state index contributed by atoms with van der Waals surface area (Å²) in [7, 11) is 0. The van der Waals surface area contributed by atoms with Gasteiger partial charge < -0.3 is 10.5 Å². The van der Waals surface area contributed by atoms with Gasteiger partial charge >= 0.3 is 6.03 Å². The molecule has 26 heavy (non-hydrogen) atoms. The van der Waals surface area contributed by atoms with Crippen molar-refractivity contribution in [2.24, 2.45) is 5.73 Å². The molecular formula is C16H18FN5O3S. The predicted octanol–water partition coefficient (Wildman–Crippen LogP) is 1.55. The molecule has 1 fully saturated rings. The molecule has 1 aromatic heterocycles. The number of benzene rings is 1. The van der Waals surface area contributed by atoms with Gasteiger partial charge in [0, 0.05) is 12.2 Å². The van der Waals surface area contributed by atoms with Crippen LogP contribution in [-0.2, 0) is 16.1 Å². The van der Waals surface area contributed by atoms with Gasteiger partial charge in [-0.25, -0.2) is 9.18 Å². The zero-order chi connectivity index (χ0) is 18.5. The summed E-state index contributed by atoms with van der Waals surface area (Å²) in [6.07, 6.45) is 1.94. The first kappa shape index (κ1) is 18.3. The third-order valence-corrected chi connectivity index (χ3v) is 4.79. The summed E-state index contributed by atoms with van der Waals surface area (Å²) in [5, 5.41) is 10.8. The Morgan fingerprint density at radius 2 is 2.12 bits per heavy atom. The van der Waals surface area contributed by atoms with Gasteiger partial charge in [0.1, 0.15) is 5.82 Å². The van der Waals surface area contributed by atoms with Crippen LogP contribution >= 0.6 is 11.8 Å². The number of amides is 3. The number of halogens is 1. The van der Waals surface area contributed by atoms with Crippen LogP contribution < -0.4 is 11.1 Å². The fourth-order valence-corrected chi connectivity index (χ4v) is 3.42. The molecule has 2 aromatic rings. The molecular weight excluding hydrogens is 361 g/mol. The Labute approximate surface area is 153 Å². The molecule has 138 valence electrons. The lowest BCUT2D eigenvalue weighted by molar-refractivity contribution is -0.117. The first-order chi connectivity index (χ1) is 12.5. The molecule has 0 spiro atoms. The molecule has 0 aliphatic carbocycles. The number of imide groups is 1. The van der Waals surface area contributed by atoms with Gasteiger partial charge in [0.05, 0.1) is 18.4 Å². The lowest BCUT2D eigenvalue weighted by Crippen LogP contribution is -2.36. The van der Waals surface area contributed by atoms with Crippen LogP contribution in [0.2, 0.25) is 0 Å². The fourth-order valence-electron chi connectivity index (χ4n) is 2.67. The molecule has 1 aromatic carbocycles. The van der Waals surface area contributed by atoms with Crippen molar-refractivity contribution in [3.63, 3.8) is 0 Å². The highest BCUT2D eigenvalue weighted by atomic mass is 32.2. The number of urea groups is 1. The van der Waals surface area contributed by atoms with Crippen LogP contribution in [0.15, 0.2) is 29.4 Å². The summed E-state index contributed by atoms with van der Waals surface area (Å²) in [5.41, 5.74) is 5.65. The average molecular weight is 379 g/mol. The predicted molar refractivity (Wildman–Crippen MR) is 92.8 cm³/mol. The molecule has 2 heterocycles. The monoisotopic (exact) mass is 379 g/mol. The molecule has 0 radical (unpaired) electrons. The van der Waals surface area contributed by atoms with Gasteiger partial charge in [0.2, 0.25) is 5.91 Å². The Bertz CT molecular complexity index is 790. The summed E-state index contributed by atoms with van der Waals surface area (Å²) in [6, 6.07) is 5.06. The van der Waals surface area contributed by atoms with Crippen molar-refractivity contribution in [2.45, 2.75) is 30.6 Å². The van der Waals surface area contributed by atoms with Gasteiger partial charge in [0.25, 0.3) is 0 Å². The minimum absolute atomic E-state index is 0.0315. The maximum Gasteiger partial charge on any atom is 0.318 e. The van der Waals surface area contributed by atoms with Crippen molar-refractivity contribution in [3.8, 4) is 11.4 Å². The topological polar surface area (TPSA) is 112 Å². The Morgan fingerprint density at radius 3 is 2.77 bits per heavy atom. The number of hydrogen-bond donors (Lipinski definition) is 2.